The van der Waals surface area contributed by atoms with E-state index in [1.165, 1.54) is 0 Å². The minimum Gasteiger partial charge on any atom is -0.444 e. The second kappa shape index (κ2) is 9.72. The van der Waals surface area contributed by atoms with Crippen LogP contribution in [0.3, 0.4) is 0 Å². The first-order valence-corrected chi connectivity index (χ1v) is 7.51. The molecule has 2 aliphatic rings. The summed E-state index contributed by atoms with van der Waals surface area (Å²) in [7, 11) is 0. The fourth-order valence-corrected chi connectivity index (χ4v) is 3.22. The summed E-state index contributed by atoms with van der Waals surface area (Å²) < 4.78 is 5.31. The van der Waals surface area contributed by atoms with Crippen molar-refractivity contribution in [3.05, 3.63) is 0 Å². The molecular formula is C14H28Cl2N2O3. The minimum absolute atomic E-state index is 0. The van der Waals surface area contributed by atoms with Crippen LogP contribution in [0.1, 0.15) is 45.4 Å². The van der Waals surface area contributed by atoms with Crippen molar-refractivity contribution in [2.75, 3.05) is 13.1 Å². The molecular weight excluding hydrogens is 315 g/mol. The van der Waals surface area contributed by atoms with Gasteiger partial charge in [0.25, 0.3) is 0 Å². The molecule has 0 spiro atoms. The van der Waals surface area contributed by atoms with Gasteiger partial charge in [-0.25, -0.2) is 4.79 Å². The Morgan fingerprint density at radius 1 is 1.33 bits per heavy atom. The zero-order valence-corrected chi connectivity index (χ0v) is 14.2. The molecule has 21 heavy (non-hydrogen) atoms. The van der Waals surface area contributed by atoms with Crippen LogP contribution in [-0.2, 0) is 4.74 Å². The van der Waals surface area contributed by atoms with Crippen LogP contribution < -0.4 is 5.73 Å². The Bertz CT molecular complexity index is 321. The molecule has 0 aromatic rings. The van der Waals surface area contributed by atoms with Gasteiger partial charge in [-0.1, -0.05) is 6.42 Å². The number of likely N-dealkylation sites (N-methyl/N-ethyl adjacent to an activating group) is 1. The molecule has 3 unspecified atom stereocenters. The first kappa shape index (κ1) is 20.8. The van der Waals surface area contributed by atoms with Crippen LogP contribution in [0, 0.1) is 5.92 Å². The van der Waals surface area contributed by atoms with Crippen molar-refractivity contribution in [1.29, 1.82) is 0 Å². The number of nitrogens with zero attached hydrogens (tertiary/aromatic N) is 1. The highest BCUT2D eigenvalue weighted by Crippen LogP contribution is 2.28. The molecule has 1 saturated heterocycles. The smallest absolute Gasteiger partial charge is 0.410 e. The summed E-state index contributed by atoms with van der Waals surface area (Å²) in [6.07, 6.45) is 5.49. The molecule has 0 radical (unpaired) electrons. The van der Waals surface area contributed by atoms with E-state index in [9.17, 15) is 9.90 Å². The summed E-state index contributed by atoms with van der Waals surface area (Å²) in [4.78, 5) is 13.2. The molecule has 0 bridgehead atoms. The fourth-order valence-electron chi connectivity index (χ4n) is 3.22. The van der Waals surface area contributed by atoms with Crippen LogP contribution in [0.15, 0.2) is 0 Å². The lowest BCUT2D eigenvalue weighted by molar-refractivity contribution is 0.0707. The number of nitrogens with two attached hydrogens (primary N) is 1. The Kier molecular flexibility index (Phi) is 9.61. The van der Waals surface area contributed by atoms with Gasteiger partial charge in [-0.15, -0.1) is 24.8 Å². The second-order valence-corrected chi connectivity index (χ2v) is 5.81. The summed E-state index contributed by atoms with van der Waals surface area (Å²) in [6.45, 7) is 3.40. The number of halogens is 2. The average Bonchev–Trinajstić information content (AvgIpc) is 2.75. The molecule has 5 nitrogen and oxygen atoms in total. The van der Waals surface area contributed by atoms with Crippen LogP contribution in [0.4, 0.5) is 4.79 Å². The molecule has 1 saturated carbocycles. The summed E-state index contributed by atoms with van der Waals surface area (Å²) >= 11 is 0. The van der Waals surface area contributed by atoms with Crippen LogP contribution in [0.5, 0.6) is 0 Å². The van der Waals surface area contributed by atoms with Gasteiger partial charge in [-0.2, -0.15) is 0 Å². The summed E-state index contributed by atoms with van der Waals surface area (Å²) in [5, 5.41) is 9.76. The summed E-state index contributed by atoms with van der Waals surface area (Å²) in [5.74, 6) is 0.420. The van der Waals surface area contributed by atoms with Crippen molar-refractivity contribution < 1.29 is 14.6 Å². The van der Waals surface area contributed by atoms with Gasteiger partial charge in [-0.05, 0) is 44.9 Å². The van der Waals surface area contributed by atoms with Gasteiger partial charge in [0, 0.05) is 12.6 Å². The lowest BCUT2D eigenvalue weighted by atomic mass is 9.80. The minimum atomic E-state index is -0.335. The number of carbonyl (C=O) groups excluding carboxylic acids is 1. The maximum atomic E-state index is 11.4. The number of cyclic esters (lactones) is 1. The van der Waals surface area contributed by atoms with Crippen LogP contribution >= 0.6 is 24.8 Å². The number of ether oxygens (including phenoxy) is 1. The van der Waals surface area contributed by atoms with Gasteiger partial charge >= 0.3 is 6.09 Å². The maximum Gasteiger partial charge on any atom is 0.410 e. The van der Waals surface area contributed by atoms with E-state index in [0.29, 0.717) is 12.5 Å². The lowest BCUT2D eigenvalue weighted by Crippen LogP contribution is -2.44. The van der Waals surface area contributed by atoms with Gasteiger partial charge in [0.05, 0.1) is 12.6 Å². The fraction of sp³-hybridized carbons (Fsp3) is 0.929. The highest BCUT2D eigenvalue weighted by atomic mass is 35.5. The van der Waals surface area contributed by atoms with Gasteiger partial charge in [-0.3, -0.25) is 0 Å². The normalized spacial score (nSPS) is 32.1. The molecule has 2 fully saturated rings. The third kappa shape index (κ3) is 5.47. The van der Waals surface area contributed by atoms with Gasteiger partial charge in [0.1, 0.15) is 6.10 Å². The average molecular weight is 343 g/mol. The summed E-state index contributed by atoms with van der Waals surface area (Å²) in [6, 6.07) is -0.0768. The number of aliphatic hydroxyl groups excluding tert-OH is 1. The number of hydrogen-bond acceptors (Lipinski definition) is 4. The van der Waals surface area contributed by atoms with E-state index in [0.717, 1.165) is 45.1 Å². The van der Waals surface area contributed by atoms with Crippen molar-refractivity contribution in [3.63, 3.8) is 0 Å². The van der Waals surface area contributed by atoms with Crippen molar-refractivity contribution in [3.8, 4) is 0 Å². The predicted molar refractivity (Wildman–Crippen MR) is 87.2 cm³/mol. The quantitative estimate of drug-likeness (QED) is 0.803. The zero-order valence-electron chi connectivity index (χ0n) is 12.6. The first-order chi connectivity index (χ1) is 9.11. The molecule has 1 heterocycles. The van der Waals surface area contributed by atoms with E-state index >= 15 is 0 Å². The Balaban J connectivity index is 0.00000200. The lowest BCUT2D eigenvalue weighted by Gasteiger charge is -2.33. The number of hydrogen-bond donors (Lipinski definition) is 2. The van der Waals surface area contributed by atoms with E-state index in [1.54, 1.807) is 4.90 Å². The molecule has 1 aliphatic heterocycles. The number of aliphatic hydroxyl groups is 1. The monoisotopic (exact) mass is 342 g/mol. The molecule has 1 aliphatic carbocycles. The Morgan fingerprint density at radius 3 is 2.67 bits per heavy atom. The Labute approximate surface area is 139 Å². The van der Waals surface area contributed by atoms with E-state index in [2.05, 4.69) is 0 Å². The standard InChI is InChI=1S/C14H26N2O3.2ClH/c1-2-16-9-11(19-14(16)18)7-3-5-10-6-4-8-12(17)13(10)15;;/h10-13,17H,2-9,15H2,1H3;2*1H/t10?,11-,12?,13?;;/m1../s1. The molecule has 0 aromatic carbocycles. The number of rotatable bonds is 5. The number of amides is 1. The van der Waals surface area contributed by atoms with Crippen molar-refractivity contribution >= 4 is 30.9 Å². The third-order valence-corrected chi connectivity index (χ3v) is 4.50. The topological polar surface area (TPSA) is 75.8 Å². The third-order valence-electron chi connectivity index (χ3n) is 4.50. The number of carbonyl (C=O) groups is 1. The zero-order chi connectivity index (χ0) is 13.8. The second-order valence-electron chi connectivity index (χ2n) is 5.81. The maximum absolute atomic E-state index is 11.4. The molecule has 7 heteroatoms. The first-order valence-electron chi connectivity index (χ1n) is 7.51. The van der Waals surface area contributed by atoms with Crippen LogP contribution in [0.2, 0.25) is 0 Å². The molecule has 3 N–H and O–H groups in total. The van der Waals surface area contributed by atoms with E-state index in [-0.39, 0.29) is 49.2 Å². The Morgan fingerprint density at radius 2 is 2.05 bits per heavy atom. The molecule has 1 amide bonds. The predicted octanol–water partition coefficient (Wildman–Crippen LogP) is 2.33. The van der Waals surface area contributed by atoms with E-state index < -0.39 is 0 Å². The Hall–Kier alpha value is -0.230. The molecule has 4 atom stereocenters. The van der Waals surface area contributed by atoms with Gasteiger partial charge < -0.3 is 20.5 Å². The van der Waals surface area contributed by atoms with Crippen LogP contribution in [0.25, 0.3) is 0 Å². The molecule has 126 valence electrons. The SMILES string of the molecule is CCN1C[C@@H](CCCC2CCCC(O)C2N)OC1=O.Cl.Cl. The highest BCUT2D eigenvalue weighted by molar-refractivity contribution is 5.85. The van der Waals surface area contributed by atoms with E-state index in [4.69, 9.17) is 10.5 Å². The highest BCUT2D eigenvalue weighted by Gasteiger charge is 2.31. The van der Waals surface area contributed by atoms with Crippen molar-refractivity contribution in [2.24, 2.45) is 11.7 Å². The van der Waals surface area contributed by atoms with Crippen molar-refractivity contribution in [1.82, 2.24) is 4.90 Å². The van der Waals surface area contributed by atoms with E-state index in [1.807, 2.05) is 6.92 Å². The van der Waals surface area contributed by atoms with Gasteiger partial charge in [0.15, 0.2) is 0 Å². The van der Waals surface area contributed by atoms with Crippen LogP contribution in [-0.4, -0.2) is 47.4 Å². The largest absolute Gasteiger partial charge is 0.444 e. The van der Waals surface area contributed by atoms with Crippen molar-refractivity contribution in [2.45, 2.75) is 63.7 Å². The molecule has 2 rings (SSSR count). The molecule has 0 aromatic heterocycles. The van der Waals surface area contributed by atoms with Gasteiger partial charge in [0.2, 0.25) is 0 Å². The summed E-state index contributed by atoms with van der Waals surface area (Å²) in [5.41, 5.74) is 6.04.